The van der Waals surface area contributed by atoms with Crippen LogP contribution in [-0.2, 0) is 4.43 Å². The van der Waals surface area contributed by atoms with Crippen molar-refractivity contribution in [2.75, 3.05) is 14.1 Å². The van der Waals surface area contributed by atoms with Crippen LogP contribution in [0.3, 0.4) is 0 Å². The number of hydrogen-bond acceptors (Lipinski definition) is 2. The Balaban J connectivity index is 3.37. The molecule has 2 radical (unpaired) electrons. The second-order valence-electron chi connectivity index (χ2n) is 9.56. The maximum absolute atomic E-state index is 5.69. The standard InChI is InChI=1S/C26H55NOSi/c1-6-7-8-9-10-11-12-13-14-15-16-17-18-19-20-22-26(27(4)5)23-21-24-29-28-25(2)3/h25-26H,6-24H2,1-5H3. The van der Waals surface area contributed by atoms with E-state index in [2.05, 4.69) is 39.8 Å². The van der Waals surface area contributed by atoms with E-state index in [1.807, 2.05) is 0 Å². The first-order valence-corrected chi connectivity index (χ1v) is 14.2. The Bertz CT molecular complexity index is 309. The third kappa shape index (κ3) is 22.6. The van der Waals surface area contributed by atoms with E-state index < -0.39 is 0 Å². The van der Waals surface area contributed by atoms with Gasteiger partial charge in [0.2, 0.25) is 9.76 Å². The van der Waals surface area contributed by atoms with E-state index in [0.717, 1.165) is 6.04 Å². The van der Waals surface area contributed by atoms with E-state index in [-0.39, 0.29) is 0 Å². The minimum atomic E-state index is 0.387. The van der Waals surface area contributed by atoms with Gasteiger partial charge in [0.1, 0.15) is 0 Å². The number of nitrogens with zero attached hydrogens (tertiary/aromatic N) is 1. The van der Waals surface area contributed by atoms with Crippen molar-refractivity contribution in [3.8, 4) is 0 Å². The molecule has 0 bridgehead atoms. The maximum atomic E-state index is 5.69. The average molecular weight is 426 g/mol. The fourth-order valence-electron chi connectivity index (χ4n) is 4.05. The summed E-state index contributed by atoms with van der Waals surface area (Å²) in [6, 6.07) is 2.00. The molecule has 174 valence electrons. The Hall–Kier alpha value is 0.137. The van der Waals surface area contributed by atoms with Crippen molar-refractivity contribution in [1.82, 2.24) is 4.90 Å². The summed E-state index contributed by atoms with van der Waals surface area (Å²) >= 11 is 0. The highest BCUT2D eigenvalue weighted by atomic mass is 28.2. The molecule has 29 heavy (non-hydrogen) atoms. The van der Waals surface area contributed by atoms with Gasteiger partial charge < -0.3 is 9.33 Å². The summed E-state index contributed by atoms with van der Waals surface area (Å²) in [6.07, 6.45) is 26.2. The van der Waals surface area contributed by atoms with Crippen molar-refractivity contribution in [3.63, 3.8) is 0 Å². The van der Waals surface area contributed by atoms with Crippen molar-refractivity contribution in [2.24, 2.45) is 0 Å². The van der Waals surface area contributed by atoms with Crippen molar-refractivity contribution in [1.29, 1.82) is 0 Å². The van der Waals surface area contributed by atoms with Gasteiger partial charge in [-0.2, -0.15) is 0 Å². The fraction of sp³-hybridized carbons (Fsp3) is 1.00. The third-order valence-electron chi connectivity index (χ3n) is 6.01. The lowest BCUT2D eigenvalue weighted by atomic mass is 10.0. The zero-order valence-electron chi connectivity index (χ0n) is 20.9. The molecule has 0 rings (SSSR count). The Morgan fingerprint density at radius 3 is 1.45 bits per heavy atom. The first-order valence-electron chi connectivity index (χ1n) is 13.1. The normalized spacial score (nSPS) is 12.9. The van der Waals surface area contributed by atoms with Crippen LogP contribution in [0.5, 0.6) is 0 Å². The Morgan fingerprint density at radius 2 is 1.03 bits per heavy atom. The molecule has 0 saturated heterocycles. The van der Waals surface area contributed by atoms with Crippen LogP contribution in [-0.4, -0.2) is 40.9 Å². The SMILES string of the molecule is CCCCCCCCCCCCCCCCCC(CCC[Si]OC(C)C)N(C)C. The van der Waals surface area contributed by atoms with E-state index in [0.29, 0.717) is 15.9 Å². The Morgan fingerprint density at radius 1 is 0.621 bits per heavy atom. The molecule has 0 aromatic carbocycles. The second-order valence-corrected chi connectivity index (χ2v) is 10.6. The molecule has 0 aliphatic rings. The molecule has 0 aliphatic carbocycles. The van der Waals surface area contributed by atoms with Crippen LogP contribution in [0.25, 0.3) is 0 Å². The van der Waals surface area contributed by atoms with E-state index in [4.69, 9.17) is 4.43 Å². The van der Waals surface area contributed by atoms with Gasteiger partial charge in [0.15, 0.2) is 0 Å². The molecule has 0 saturated carbocycles. The molecule has 3 heteroatoms. The first-order chi connectivity index (χ1) is 14.1. The summed E-state index contributed by atoms with van der Waals surface area (Å²) in [7, 11) is 5.19. The minimum Gasteiger partial charge on any atom is -0.415 e. The molecule has 0 spiro atoms. The molecular formula is C26H55NOSi. The fourth-order valence-corrected chi connectivity index (χ4v) is 4.85. The number of unbranched alkanes of at least 4 members (excludes halogenated alkanes) is 14. The van der Waals surface area contributed by atoms with Gasteiger partial charge in [0.05, 0.1) is 0 Å². The van der Waals surface area contributed by atoms with E-state index in [1.54, 1.807) is 0 Å². The maximum Gasteiger partial charge on any atom is 0.230 e. The lowest BCUT2D eigenvalue weighted by molar-refractivity contribution is 0.245. The van der Waals surface area contributed by atoms with Crippen molar-refractivity contribution >= 4 is 9.76 Å². The largest absolute Gasteiger partial charge is 0.415 e. The Kier molecular flexibility index (Phi) is 22.9. The summed E-state index contributed by atoms with van der Waals surface area (Å²) in [6.45, 7) is 6.56. The molecule has 0 N–H and O–H groups in total. The van der Waals surface area contributed by atoms with Crippen LogP contribution >= 0.6 is 0 Å². The minimum absolute atomic E-state index is 0.387. The van der Waals surface area contributed by atoms with Gasteiger partial charge in [-0.25, -0.2) is 0 Å². The topological polar surface area (TPSA) is 12.5 Å². The van der Waals surface area contributed by atoms with Crippen LogP contribution in [0.4, 0.5) is 0 Å². The zero-order valence-corrected chi connectivity index (χ0v) is 21.9. The average Bonchev–Trinajstić information content (AvgIpc) is 2.68. The van der Waals surface area contributed by atoms with Gasteiger partial charge in [-0.15, -0.1) is 0 Å². The summed E-state index contributed by atoms with van der Waals surface area (Å²) in [5.41, 5.74) is 0. The van der Waals surface area contributed by atoms with E-state index >= 15 is 0 Å². The first kappa shape index (κ1) is 29.1. The van der Waals surface area contributed by atoms with Crippen molar-refractivity contribution in [2.45, 2.75) is 155 Å². The molecule has 0 aromatic rings. The van der Waals surface area contributed by atoms with Gasteiger partial charge in [0, 0.05) is 12.1 Å². The smallest absolute Gasteiger partial charge is 0.230 e. The summed E-state index contributed by atoms with van der Waals surface area (Å²) in [4.78, 5) is 2.44. The highest BCUT2D eigenvalue weighted by Gasteiger charge is 2.11. The Labute approximate surface area is 187 Å². The van der Waals surface area contributed by atoms with Crippen LogP contribution in [0.15, 0.2) is 0 Å². The van der Waals surface area contributed by atoms with Gasteiger partial charge in [0.25, 0.3) is 0 Å². The highest BCUT2D eigenvalue weighted by Crippen LogP contribution is 2.17. The predicted molar refractivity (Wildman–Crippen MR) is 133 cm³/mol. The molecule has 0 aliphatic heterocycles. The summed E-state index contributed by atoms with van der Waals surface area (Å²) in [5.74, 6) is 0. The molecule has 0 heterocycles. The number of hydrogen-bond donors (Lipinski definition) is 0. The van der Waals surface area contributed by atoms with Crippen LogP contribution < -0.4 is 0 Å². The van der Waals surface area contributed by atoms with Crippen LogP contribution in [0.1, 0.15) is 136 Å². The van der Waals surface area contributed by atoms with Gasteiger partial charge >= 0.3 is 0 Å². The lowest BCUT2D eigenvalue weighted by Crippen LogP contribution is -2.28. The molecule has 0 aromatic heterocycles. The zero-order chi connectivity index (χ0) is 21.6. The second kappa shape index (κ2) is 22.8. The van der Waals surface area contributed by atoms with Gasteiger partial charge in [-0.3, -0.25) is 0 Å². The van der Waals surface area contributed by atoms with Crippen LogP contribution in [0, 0.1) is 0 Å². The van der Waals surface area contributed by atoms with E-state index in [1.165, 1.54) is 122 Å². The molecule has 2 nitrogen and oxygen atoms in total. The van der Waals surface area contributed by atoms with Crippen LogP contribution in [0.2, 0.25) is 6.04 Å². The third-order valence-corrected chi connectivity index (χ3v) is 7.20. The lowest BCUT2D eigenvalue weighted by Gasteiger charge is -2.24. The molecule has 0 fully saturated rings. The molecule has 1 atom stereocenters. The van der Waals surface area contributed by atoms with Gasteiger partial charge in [-0.05, 0) is 46.8 Å². The predicted octanol–water partition coefficient (Wildman–Crippen LogP) is 8.42. The summed E-state index contributed by atoms with van der Waals surface area (Å²) in [5, 5.41) is 0. The van der Waals surface area contributed by atoms with Crippen molar-refractivity contribution < 1.29 is 4.43 Å². The quantitative estimate of drug-likeness (QED) is 0.120. The molecule has 1 unspecified atom stereocenters. The monoisotopic (exact) mass is 425 g/mol. The number of rotatable bonds is 23. The summed E-state index contributed by atoms with van der Waals surface area (Å²) < 4.78 is 5.69. The van der Waals surface area contributed by atoms with Gasteiger partial charge in [-0.1, -0.05) is 110 Å². The van der Waals surface area contributed by atoms with Crippen molar-refractivity contribution in [3.05, 3.63) is 0 Å². The molecular weight excluding hydrogens is 370 g/mol. The van der Waals surface area contributed by atoms with E-state index in [9.17, 15) is 0 Å². The highest BCUT2D eigenvalue weighted by molar-refractivity contribution is 6.27. The molecule has 0 amide bonds.